The van der Waals surface area contributed by atoms with Crippen molar-refractivity contribution < 1.29 is 19.1 Å². The number of piperidine rings is 1. The van der Waals surface area contributed by atoms with Crippen molar-refractivity contribution in [1.82, 2.24) is 15.1 Å². The van der Waals surface area contributed by atoms with Crippen molar-refractivity contribution in [2.45, 2.75) is 38.6 Å². The molecular formula is C33H39N5O4. The number of nitrogens with one attached hydrogen (secondary N) is 2. The fraction of sp³-hybridized carbons (Fsp3) is 0.364. The van der Waals surface area contributed by atoms with Crippen molar-refractivity contribution in [3.8, 4) is 5.75 Å². The minimum atomic E-state index is -0.810. The van der Waals surface area contributed by atoms with Gasteiger partial charge in [0.15, 0.2) is 0 Å². The molecule has 3 aromatic rings. The Morgan fingerprint density at radius 3 is 2.38 bits per heavy atom. The van der Waals surface area contributed by atoms with E-state index in [-0.39, 0.29) is 24.4 Å². The van der Waals surface area contributed by atoms with Crippen LogP contribution in [0.4, 0.5) is 16.2 Å². The number of ether oxygens (including phenoxy) is 1. The molecular weight excluding hydrogens is 530 g/mol. The minimum Gasteiger partial charge on any atom is -0.496 e. The third-order valence-electron chi connectivity index (χ3n) is 8.55. The first-order valence-corrected chi connectivity index (χ1v) is 14.5. The molecule has 2 fully saturated rings. The van der Waals surface area contributed by atoms with Crippen LogP contribution in [0.3, 0.4) is 0 Å². The van der Waals surface area contributed by atoms with Gasteiger partial charge >= 0.3 is 6.03 Å². The van der Waals surface area contributed by atoms with E-state index in [9.17, 15) is 14.4 Å². The molecule has 42 heavy (non-hydrogen) atoms. The van der Waals surface area contributed by atoms with Crippen LogP contribution in [0.15, 0.2) is 72.8 Å². The number of anilines is 2. The van der Waals surface area contributed by atoms with Crippen LogP contribution in [0.1, 0.15) is 29.5 Å². The number of hydrogen-bond acceptors (Lipinski definition) is 5. The molecule has 2 saturated heterocycles. The van der Waals surface area contributed by atoms with Gasteiger partial charge in [-0.1, -0.05) is 48.5 Å². The van der Waals surface area contributed by atoms with E-state index in [0.717, 1.165) is 33.8 Å². The molecule has 2 aliphatic heterocycles. The Morgan fingerprint density at radius 1 is 0.929 bits per heavy atom. The van der Waals surface area contributed by atoms with E-state index in [2.05, 4.69) is 15.5 Å². The van der Waals surface area contributed by atoms with E-state index in [1.165, 1.54) is 0 Å². The summed E-state index contributed by atoms with van der Waals surface area (Å²) in [5, 5.41) is 6.01. The van der Waals surface area contributed by atoms with Crippen LogP contribution in [0.5, 0.6) is 5.75 Å². The summed E-state index contributed by atoms with van der Waals surface area (Å²) < 4.78 is 5.40. The van der Waals surface area contributed by atoms with Gasteiger partial charge in [-0.3, -0.25) is 9.59 Å². The summed E-state index contributed by atoms with van der Waals surface area (Å²) in [6.07, 6.45) is 1.59. The largest absolute Gasteiger partial charge is 0.496 e. The lowest BCUT2D eigenvalue weighted by atomic mass is 9.85. The fourth-order valence-electron chi connectivity index (χ4n) is 5.96. The Labute approximate surface area is 247 Å². The van der Waals surface area contributed by atoms with Crippen molar-refractivity contribution >= 4 is 29.2 Å². The number of benzene rings is 3. The smallest absolute Gasteiger partial charge is 0.321 e. The molecule has 220 valence electrons. The van der Waals surface area contributed by atoms with Crippen LogP contribution >= 0.6 is 0 Å². The number of rotatable bonds is 8. The molecule has 5 rings (SSSR count). The first-order valence-electron chi connectivity index (χ1n) is 14.5. The highest BCUT2D eigenvalue weighted by molar-refractivity contribution is 5.97. The highest BCUT2D eigenvalue weighted by Crippen LogP contribution is 2.39. The summed E-state index contributed by atoms with van der Waals surface area (Å²) in [5.74, 6) is 0.519. The van der Waals surface area contributed by atoms with Crippen LogP contribution in [-0.2, 0) is 16.0 Å². The molecule has 2 aliphatic rings. The molecule has 0 radical (unpaired) electrons. The number of para-hydroxylation sites is 2. The number of carbonyl (C=O) groups is 3. The lowest BCUT2D eigenvalue weighted by Crippen LogP contribution is -2.58. The van der Waals surface area contributed by atoms with Gasteiger partial charge in [-0.15, -0.1) is 0 Å². The van der Waals surface area contributed by atoms with Crippen LogP contribution in [0.2, 0.25) is 0 Å². The van der Waals surface area contributed by atoms with Gasteiger partial charge in [0.1, 0.15) is 17.8 Å². The molecule has 9 nitrogen and oxygen atoms in total. The normalized spacial score (nSPS) is 16.1. The number of hydrogen-bond donors (Lipinski definition) is 2. The topological polar surface area (TPSA) is 94.2 Å². The molecule has 0 bridgehead atoms. The number of nitrogens with zero attached hydrogens (tertiary/aromatic N) is 3. The van der Waals surface area contributed by atoms with Gasteiger partial charge in [-0.2, -0.15) is 0 Å². The molecule has 1 spiro atoms. The lowest BCUT2D eigenvalue weighted by molar-refractivity contribution is -0.137. The number of amides is 4. The maximum Gasteiger partial charge on any atom is 0.321 e. The molecule has 0 unspecified atom stereocenters. The van der Waals surface area contributed by atoms with Gasteiger partial charge < -0.3 is 30.1 Å². The second-order valence-corrected chi connectivity index (χ2v) is 11.0. The van der Waals surface area contributed by atoms with Gasteiger partial charge in [-0.05, 0) is 74.1 Å². The lowest BCUT2D eigenvalue weighted by Gasteiger charge is -2.43. The molecule has 0 atom stereocenters. The number of carbonyl (C=O) groups excluding carboxylic acids is 3. The quantitative estimate of drug-likeness (QED) is 0.421. The number of urea groups is 1. The fourth-order valence-corrected chi connectivity index (χ4v) is 5.96. The maximum absolute atomic E-state index is 14.0. The zero-order chi connectivity index (χ0) is 29.7. The van der Waals surface area contributed by atoms with Gasteiger partial charge in [0, 0.05) is 31.0 Å². The predicted octanol–water partition coefficient (Wildman–Crippen LogP) is 4.34. The minimum absolute atomic E-state index is 0.0212. The SMILES string of the molecule is COc1ccccc1CCNC(=O)CN1CN(c2ccccc2)C2(CCN(C(=O)Nc3cccc(C)c3C)CC2)C1=O. The summed E-state index contributed by atoms with van der Waals surface area (Å²) >= 11 is 0. The van der Waals surface area contributed by atoms with Gasteiger partial charge in [-0.25, -0.2) is 4.79 Å². The highest BCUT2D eigenvalue weighted by Gasteiger charge is 2.54. The van der Waals surface area contributed by atoms with Crippen molar-refractivity contribution in [3.63, 3.8) is 0 Å². The average molecular weight is 570 g/mol. The van der Waals surface area contributed by atoms with Crippen molar-refractivity contribution in [2.75, 3.05) is 50.2 Å². The Kier molecular flexibility index (Phi) is 8.66. The van der Waals surface area contributed by atoms with E-state index in [1.54, 1.807) is 16.9 Å². The Balaban J connectivity index is 1.24. The predicted molar refractivity (Wildman–Crippen MR) is 164 cm³/mol. The molecule has 3 aromatic carbocycles. The van der Waals surface area contributed by atoms with E-state index < -0.39 is 5.54 Å². The molecule has 0 saturated carbocycles. The van der Waals surface area contributed by atoms with Crippen LogP contribution in [-0.4, -0.2) is 73.1 Å². The summed E-state index contributed by atoms with van der Waals surface area (Å²) in [5.41, 5.74) is 4.08. The summed E-state index contributed by atoms with van der Waals surface area (Å²) in [6, 6.07) is 23.3. The Bertz CT molecular complexity index is 1440. The standard InChI is InChI=1S/C33H39N5O4/c1-24-10-9-14-28(25(24)2)35-32(41)36-20-17-33(18-21-36)31(40)37(23-38(33)27-12-5-4-6-13-27)22-30(39)34-19-16-26-11-7-8-15-29(26)42-3/h4-15H,16-23H2,1-3H3,(H,34,39)(H,35,41). The van der Waals surface area contributed by atoms with Gasteiger partial charge in [0.2, 0.25) is 5.91 Å². The second kappa shape index (κ2) is 12.5. The van der Waals surface area contributed by atoms with Crippen molar-refractivity contribution in [2.24, 2.45) is 0 Å². The molecule has 4 amide bonds. The molecule has 0 aromatic heterocycles. The van der Waals surface area contributed by atoms with Crippen molar-refractivity contribution in [3.05, 3.63) is 89.5 Å². The van der Waals surface area contributed by atoms with Crippen LogP contribution in [0, 0.1) is 13.8 Å². The first-order chi connectivity index (χ1) is 20.3. The van der Waals surface area contributed by atoms with Crippen molar-refractivity contribution in [1.29, 1.82) is 0 Å². The number of aryl methyl sites for hydroxylation is 1. The number of methoxy groups -OCH3 is 1. The van der Waals surface area contributed by atoms with Crippen LogP contribution < -0.4 is 20.3 Å². The highest BCUT2D eigenvalue weighted by atomic mass is 16.5. The van der Waals surface area contributed by atoms with E-state index >= 15 is 0 Å². The van der Waals surface area contributed by atoms with E-state index in [4.69, 9.17) is 4.74 Å². The molecule has 9 heteroatoms. The first kappa shape index (κ1) is 29.0. The molecule has 0 aliphatic carbocycles. The molecule has 2 heterocycles. The zero-order valence-corrected chi connectivity index (χ0v) is 24.6. The van der Waals surface area contributed by atoms with Gasteiger partial charge in [0.05, 0.1) is 13.8 Å². The van der Waals surface area contributed by atoms with Gasteiger partial charge in [0.25, 0.3) is 5.91 Å². The van der Waals surface area contributed by atoms with E-state index in [0.29, 0.717) is 45.6 Å². The third-order valence-corrected chi connectivity index (χ3v) is 8.55. The summed E-state index contributed by atoms with van der Waals surface area (Å²) in [6.45, 7) is 5.62. The number of likely N-dealkylation sites (tertiary alicyclic amines) is 1. The summed E-state index contributed by atoms with van der Waals surface area (Å²) in [7, 11) is 1.63. The van der Waals surface area contributed by atoms with Crippen LogP contribution in [0.25, 0.3) is 0 Å². The average Bonchev–Trinajstić information content (AvgIpc) is 3.26. The molecule has 2 N–H and O–H groups in total. The maximum atomic E-state index is 14.0. The Morgan fingerprint density at radius 2 is 1.64 bits per heavy atom. The Hall–Kier alpha value is -4.53. The van der Waals surface area contributed by atoms with E-state index in [1.807, 2.05) is 86.6 Å². The zero-order valence-electron chi connectivity index (χ0n) is 24.6. The second-order valence-electron chi connectivity index (χ2n) is 11.0. The third kappa shape index (κ3) is 5.91. The monoisotopic (exact) mass is 569 g/mol. The summed E-state index contributed by atoms with van der Waals surface area (Å²) in [4.78, 5) is 45.6.